The Morgan fingerprint density at radius 3 is 2.81 bits per heavy atom. The second-order valence-corrected chi connectivity index (χ2v) is 5.21. The third-order valence-electron chi connectivity index (χ3n) is 3.18. The number of nitrogens with zero attached hydrogens (tertiary/aromatic N) is 1. The lowest BCUT2D eigenvalue weighted by atomic mass is 10.1. The molecule has 1 atom stereocenters. The van der Waals surface area contributed by atoms with Crippen molar-refractivity contribution in [3.63, 3.8) is 0 Å². The van der Waals surface area contributed by atoms with Crippen molar-refractivity contribution in [1.29, 1.82) is 0 Å². The van der Waals surface area contributed by atoms with Gasteiger partial charge >= 0.3 is 0 Å². The van der Waals surface area contributed by atoms with Crippen molar-refractivity contribution in [2.75, 3.05) is 6.54 Å². The highest BCUT2D eigenvalue weighted by Crippen LogP contribution is 2.32. The fourth-order valence-electron chi connectivity index (χ4n) is 2.01. The van der Waals surface area contributed by atoms with Gasteiger partial charge in [-0.1, -0.05) is 18.5 Å². The van der Waals surface area contributed by atoms with Gasteiger partial charge in [-0.3, -0.25) is 10.1 Å². The van der Waals surface area contributed by atoms with Gasteiger partial charge in [-0.2, -0.15) is 0 Å². The van der Waals surface area contributed by atoms with E-state index in [0.29, 0.717) is 11.3 Å². The normalized spacial score (nSPS) is 12.3. The first kappa shape index (κ1) is 15.5. The Kier molecular flexibility index (Phi) is 4.98. The summed E-state index contributed by atoms with van der Waals surface area (Å²) in [7, 11) is 0. The summed E-state index contributed by atoms with van der Waals surface area (Å²) in [5, 5.41) is 14.4. The molecule has 0 aliphatic rings. The maximum absolute atomic E-state index is 10.9. The van der Waals surface area contributed by atoms with E-state index in [1.54, 1.807) is 6.07 Å². The molecule has 1 unspecified atom stereocenters. The van der Waals surface area contributed by atoms with E-state index >= 15 is 0 Å². The molecule has 5 nitrogen and oxygen atoms in total. The maximum Gasteiger partial charge on any atom is 0.288 e. The van der Waals surface area contributed by atoms with Crippen LogP contribution < -0.4 is 5.32 Å². The van der Waals surface area contributed by atoms with Crippen LogP contribution in [0, 0.1) is 10.1 Å². The van der Waals surface area contributed by atoms with Crippen LogP contribution in [0.15, 0.2) is 34.7 Å². The Morgan fingerprint density at radius 2 is 2.14 bits per heavy atom. The molecule has 0 amide bonds. The van der Waals surface area contributed by atoms with E-state index in [-0.39, 0.29) is 16.8 Å². The first-order valence-corrected chi connectivity index (χ1v) is 7.18. The quantitative estimate of drug-likeness (QED) is 0.627. The zero-order valence-corrected chi connectivity index (χ0v) is 12.7. The highest BCUT2D eigenvalue weighted by Gasteiger charge is 2.16. The van der Waals surface area contributed by atoms with Crippen LogP contribution in [0.5, 0.6) is 0 Å². The van der Waals surface area contributed by atoms with Crippen LogP contribution in [0.3, 0.4) is 0 Å². The lowest BCUT2D eigenvalue weighted by Crippen LogP contribution is -2.18. The smallest absolute Gasteiger partial charge is 0.288 e. The number of rotatable bonds is 6. The van der Waals surface area contributed by atoms with E-state index in [1.165, 1.54) is 12.1 Å². The number of hydrogen-bond acceptors (Lipinski definition) is 4. The molecule has 0 saturated carbocycles. The Labute approximate surface area is 128 Å². The molecule has 0 aliphatic heterocycles. The van der Waals surface area contributed by atoms with Crippen molar-refractivity contribution in [1.82, 2.24) is 5.32 Å². The van der Waals surface area contributed by atoms with Crippen molar-refractivity contribution >= 4 is 17.3 Å². The van der Waals surface area contributed by atoms with Gasteiger partial charge < -0.3 is 9.73 Å². The van der Waals surface area contributed by atoms with Crippen molar-refractivity contribution in [2.45, 2.75) is 26.3 Å². The SMILES string of the molecule is CCCNC(C)c1ccc(-c2ccc(Cl)c([N+](=O)[O-])c2)o1. The molecular formula is C15H17ClN2O3. The number of nitro groups is 1. The minimum atomic E-state index is -0.499. The molecule has 2 aromatic rings. The second kappa shape index (κ2) is 6.74. The van der Waals surface area contributed by atoms with Gasteiger partial charge in [0.25, 0.3) is 5.69 Å². The number of nitrogens with one attached hydrogen (secondary N) is 1. The molecule has 1 heterocycles. The van der Waals surface area contributed by atoms with Crippen LogP contribution in [-0.2, 0) is 0 Å². The van der Waals surface area contributed by atoms with Crippen molar-refractivity contribution in [3.05, 3.63) is 51.2 Å². The Balaban J connectivity index is 2.25. The van der Waals surface area contributed by atoms with E-state index in [0.717, 1.165) is 18.7 Å². The fourth-order valence-corrected chi connectivity index (χ4v) is 2.19. The lowest BCUT2D eigenvalue weighted by molar-refractivity contribution is -0.384. The molecule has 0 fully saturated rings. The van der Waals surface area contributed by atoms with Crippen LogP contribution in [-0.4, -0.2) is 11.5 Å². The molecule has 112 valence electrons. The first-order chi connectivity index (χ1) is 10.0. The van der Waals surface area contributed by atoms with Gasteiger partial charge in [0.15, 0.2) is 0 Å². The van der Waals surface area contributed by atoms with E-state index < -0.39 is 4.92 Å². The van der Waals surface area contributed by atoms with Gasteiger partial charge in [0.05, 0.1) is 11.0 Å². The first-order valence-electron chi connectivity index (χ1n) is 6.80. The molecule has 21 heavy (non-hydrogen) atoms. The predicted octanol–water partition coefficient (Wildman–Crippen LogP) is 4.57. The Bertz CT molecular complexity index is 640. The molecule has 0 saturated heterocycles. The highest BCUT2D eigenvalue weighted by molar-refractivity contribution is 6.32. The van der Waals surface area contributed by atoms with Gasteiger partial charge in [0, 0.05) is 11.6 Å². The topological polar surface area (TPSA) is 68.3 Å². The van der Waals surface area contributed by atoms with Gasteiger partial charge in [0.1, 0.15) is 16.5 Å². The summed E-state index contributed by atoms with van der Waals surface area (Å²) in [4.78, 5) is 10.4. The maximum atomic E-state index is 10.9. The summed E-state index contributed by atoms with van der Waals surface area (Å²) >= 11 is 5.81. The third kappa shape index (κ3) is 3.62. The number of furan rings is 1. The monoisotopic (exact) mass is 308 g/mol. The molecule has 0 bridgehead atoms. The predicted molar refractivity (Wildman–Crippen MR) is 82.5 cm³/mol. The van der Waals surface area contributed by atoms with Crippen LogP contribution >= 0.6 is 11.6 Å². The van der Waals surface area contributed by atoms with Crippen LogP contribution in [0.1, 0.15) is 32.1 Å². The fraction of sp³-hybridized carbons (Fsp3) is 0.333. The third-order valence-corrected chi connectivity index (χ3v) is 3.50. The van der Waals surface area contributed by atoms with Gasteiger partial charge in [-0.05, 0) is 44.2 Å². The van der Waals surface area contributed by atoms with Crippen LogP contribution in [0.2, 0.25) is 5.02 Å². The summed E-state index contributed by atoms with van der Waals surface area (Å²) in [6, 6.07) is 8.43. The highest BCUT2D eigenvalue weighted by atomic mass is 35.5. The molecule has 0 radical (unpaired) electrons. The molecular weight excluding hydrogens is 292 g/mol. The summed E-state index contributed by atoms with van der Waals surface area (Å²) in [6.07, 6.45) is 1.04. The average molecular weight is 309 g/mol. The molecule has 1 aromatic carbocycles. The van der Waals surface area contributed by atoms with Gasteiger partial charge in [-0.15, -0.1) is 0 Å². The van der Waals surface area contributed by atoms with Gasteiger partial charge in [-0.25, -0.2) is 0 Å². The molecule has 0 aliphatic carbocycles. The number of benzene rings is 1. The van der Waals surface area contributed by atoms with Gasteiger partial charge in [0.2, 0.25) is 0 Å². The largest absolute Gasteiger partial charge is 0.459 e. The second-order valence-electron chi connectivity index (χ2n) is 4.80. The minimum Gasteiger partial charge on any atom is -0.459 e. The van der Waals surface area contributed by atoms with Crippen molar-refractivity contribution in [2.24, 2.45) is 0 Å². The lowest BCUT2D eigenvalue weighted by Gasteiger charge is -2.09. The molecule has 1 N–H and O–H groups in total. The van der Waals surface area contributed by atoms with Crippen molar-refractivity contribution < 1.29 is 9.34 Å². The average Bonchev–Trinajstić information content (AvgIpc) is 2.94. The molecule has 0 spiro atoms. The standard InChI is InChI=1S/C15H17ClN2O3/c1-3-8-17-10(2)14-6-7-15(21-14)11-4-5-12(16)13(9-11)18(19)20/h4-7,9-10,17H,3,8H2,1-2H3. The summed E-state index contributed by atoms with van der Waals surface area (Å²) in [5.41, 5.74) is 0.518. The molecule has 6 heteroatoms. The molecule has 2 rings (SSSR count). The number of halogens is 1. The summed E-state index contributed by atoms with van der Waals surface area (Å²) in [5.74, 6) is 1.39. The molecule has 1 aromatic heterocycles. The number of nitro benzene ring substituents is 1. The van der Waals surface area contributed by atoms with E-state index in [2.05, 4.69) is 12.2 Å². The number of hydrogen-bond donors (Lipinski definition) is 1. The van der Waals surface area contributed by atoms with Crippen LogP contribution in [0.25, 0.3) is 11.3 Å². The summed E-state index contributed by atoms with van der Waals surface area (Å²) in [6.45, 7) is 5.02. The Morgan fingerprint density at radius 1 is 1.38 bits per heavy atom. The zero-order valence-electron chi connectivity index (χ0n) is 11.9. The zero-order chi connectivity index (χ0) is 15.4. The van der Waals surface area contributed by atoms with E-state index in [9.17, 15) is 10.1 Å². The Hall–Kier alpha value is -1.85. The summed E-state index contributed by atoms with van der Waals surface area (Å²) < 4.78 is 5.77. The van der Waals surface area contributed by atoms with Crippen molar-refractivity contribution in [3.8, 4) is 11.3 Å². The van der Waals surface area contributed by atoms with E-state index in [4.69, 9.17) is 16.0 Å². The van der Waals surface area contributed by atoms with E-state index in [1.807, 2.05) is 19.1 Å². The van der Waals surface area contributed by atoms with Crippen LogP contribution in [0.4, 0.5) is 5.69 Å². The minimum absolute atomic E-state index is 0.0981.